The van der Waals surface area contributed by atoms with Crippen LogP contribution in [-0.2, 0) is 29.1 Å². The molecular formula is C39H50FN5O9S. The molecule has 1 saturated heterocycles. The first-order valence-electron chi connectivity index (χ1n) is 19.2. The monoisotopic (exact) mass is 783 g/mol. The van der Waals surface area contributed by atoms with E-state index in [1.807, 2.05) is 26.0 Å². The van der Waals surface area contributed by atoms with Gasteiger partial charge in [0.15, 0.2) is 0 Å². The largest absolute Gasteiger partial charge is 0.496 e. The highest BCUT2D eigenvalue weighted by Crippen LogP contribution is 2.47. The maximum Gasteiger partial charge on any atom is 0.407 e. The number of benzene rings is 1. The number of methoxy groups -OCH3 is 1. The van der Waals surface area contributed by atoms with Gasteiger partial charge in [0, 0.05) is 35.4 Å². The molecule has 2 aromatic rings. The number of pyridine rings is 1. The summed E-state index contributed by atoms with van der Waals surface area (Å²) in [6.07, 6.45) is 8.64. The average Bonchev–Trinajstić information content (AvgIpc) is 4.08. The van der Waals surface area contributed by atoms with E-state index < -0.39 is 74.5 Å². The number of allylic oxidation sites excluding steroid dienone is 1. The van der Waals surface area contributed by atoms with Gasteiger partial charge in [-0.25, -0.2) is 22.6 Å². The number of rotatable bonds is 9. The Morgan fingerprint density at radius 1 is 1.11 bits per heavy atom. The number of hydrogen-bond acceptors (Lipinski definition) is 10. The summed E-state index contributed by atoms with van der Waals surface area (Å²) in [5.74, 6) is -2.95. The van der Waals surface area contributed by atoms with Crippen LogP contribution in [0.15, 0.2) is 36.5 Å². The van der Waals surface area contributed by atoms with E-state index in [1.54, 1.807) is 6.07 Å². The topological polar surface area (TPSA) is 182 Å². The lowest BCUT2D eigenvalue weighted by Gasteiger charge is -2.32. The van der Waals surface area contributed by atoms with Crippen LogP contribution in [0.1, 0.15) is 78.6 Å². The lowest BCUT2D eigenvalue weighted by Crippen LogP contribution is -2.59. The Labute approximate surface area is 320 Å². The molecule has 2 aliphatic heterocycles. The molecule has 4 amide bonds. The maximum atomic E-state index is 14.8. The van der Waals surface area contributed by atoms with Crippen LogP contribution in [0.3, 0.4) is 0 Å². The van der Waals surface area contributed by atoms with E-state index in [-0.39, 0.29) is 54.9 Å². The first-order valence-corrected chi connectivity index (χ1v) is 20.7. The molecule has 3 aliphatic carbocycles. The first-order chi connectivity index (χ1) is 26.1. The number of carbonyl (C=O) groups excluding carboxylic acids is 4. The number of carbonyl (C=O) groups is 4. The number of nitrogens with zero attached hydrogens (tertiary/aromatic N) is 2. The minimum atomic E-state index is -3.92. The van der Waals surface area contributed by atoms with Crippen molar-refractivity contribution in [1.82, 2.24) is 25.2 Å². The van der Waals surface area contributed by atoms with Gasteiger partial charge >= 0.3 is 6.09 Å². The van der Waals surface area contributed by atoms with Gasteiger partial charge in [-0.3, -0.25) is 19.1 Å². The van der Waals surface area contributed by atoms with Crippen LogP contribution in [0.25, 0.3) is 10.8 Å². The Morgan fingerprint density at radius 3 is 2.58 bits per heavy atom. The number of hydrogen-bond donors (Lipinski definition) is 3. The van der Waals surface area contributed by atoms with Crippen LogP contribution in [-0.4, -0.2) is 91.4 Å². The van der Waals surface area contributed by atoms with Crippen molar-refractivity contribution >= 4 is 44.6 Å². The highest BCUT2D eigenvalue weighted by atomic mass is 32.2. The number of nitrogens with one attached hydrogen (secondary N) is 3. The van der Waals surface area contributed by atoms with Gasteiger partial charge in [-0.15, -0.1) is 0 Å². The summed E-state index contributed by atoms with van der Waals surface area (Å²) < 4.78 is 59.9. The Morgan fingerprint density at radius 2 is 1.87 bits per heavy atom. The fourth-order valence-electron chi connectivity index (χ4n) is 7.88. The third-order valence-corrected chi connectivity index (χ3v) is 13.6. The third-order valence-electron chi connectivity index (χ3n) is 11.8. The lowest BCUT2D eigenvalue weighted by molar-refractivity contribution is -0.142. The zero-order valence-electron chi connectivity index (χ0n) is 31.6. The molecule has 1 unspecified atom stereocenters. The van der Waals surface area contributed by atoms with E-state index in [2.05, 4.69) is 27.3 Å². The molecule has 7 atom stereocenters. The number of aromatic nitrogens is 1. The van der Waals surface area contributed by atoms with E-state index in [9.17, 15) is 32.0 Å². The molecule has 0 radical (unpaired) electrons. The van der Waals surface area contributed by atoms with Gasteiger partial charge in [-0.05, 0) is 75.3 Å². The molecule has 16 heteroatoms. The van der Waals surface area contributed by atoms with Crippen molar-refractivity contribution in [3.05, 3.63) is 42.4 Å². The molecule has 14 nitrogen and oxygen atoms in total. The number of amides is 4. The van der Waals surface area contributed by atoms with Crippen molar-refractivity contribution in [2.45, 2.75) is 108 Å². The van der Waals surface area contributed by atoms with Crippen LogP contribution >= 0.6 is 0 Å². The van der Waals surface area contributed by atoms with Crippen LogP contribution in [0.5, 0.6) is 11.6 Å². The van der Waals surface area contributed by atoms with Crippen LogP contribution in [0.4, 0.5) is 9.18 Å². The lowest BCUT2D eigenvalue weighted by atomic mass is 9.88. The molecule has 4 fully saturated rings. The van der Waals surface area contributed by atoms with Crippen LogP contribution < -0.4 is 24.8 Å². The SMILES string of the molecule is COc1cc(F)cc2c(O[C@@H]3C[C@H]4C(=O)N[C@]5(C(=O)NS(=O)(=O)C6CC6)CC5/C=C\CC[C@@H](C)C[C@@H](C)[C@H](NC(=O)OCC5(C)CC5)C(=O)N4C3)nccc12. The summed E-state index contributed by atoms with van der Waals surface area (Å²) in [4.78, 5) is 61.9. The Hall–Kier alpha value is -4.47. The predicted molar refractivity (Wildman–Crippen MR) is 199 cm³/mol. The number of ether oxygens (including phenoxy) is 3. The molecule has 1 aromatic carbocycles. The smallest absolute Gasteiger partial charge is 0.407 e. The van der Waals surface area contributed by atoms with Crippen molar-refractivity contribution < 1.29 is 46.2 Å². The van der Waals surface area contributed by atoms with Crippen molar-refractivity contribution in [3.8, 4) is 11.6 Å². The molecule has 0 bridgehead atoms. The van der Waals surface area contributed by atoms with Gasteiger partial charge in [0.1, 0.15) is 35.3 Å². The maximum absolute atomic E-state index is 14.8. The second-order valence-electron chi connectivity index (χ2n) is 16.6. The molecule has 3 heterocycles. The zero-order chi connectivity index (χ0) is 39.3. The standard InChI is InChI=1S/C39H50FN5O9S/c1-22-7-5-6-8-24-19-39(24,36(48)44-55(50,51)27-9-10-27)43-33(46)30-18-26(54-34-29-16-25(40)17-31(52-4)28(29)11-14-41-34)20-45(30)35(47)32(23(2)15-22)42-37(49)53-21-38(3)12-13-38/h6,8,11,14,16-17,22-24,26-27,30,32H,5,7,9-10,12-13,15,18-21H2,1-4H3,(H,42,49)(H,43,46)(H,44,48)/b8-6-/t22-,23-,24?,26-,30+,32+,39-/m1/s1. The fraction of sp³-hybridized carbons (Fsp3) is 0.615. The average molecular weight is 784 g/mol. The van der Waals surface area contributed by atoms with Crippen LogP contribution in [0.2, 0.25) is 0 Å². The summed E-state index contributed by atoms with van der Waals surface area (Å²) in [6.45, 7) is 6.08. The molecule has 55 heavy (non-hydrogen) atoms. The molecule has 298 valence electrons. The van der Waals surface area contributed by atoms with Crippen LogP contribution in [0, 0.1) is 29.0 Å². The van der Waals surface area contributed by atoms with E-state index >= 15 is 0 Å². The minimum Gasteiger partial charge on any atom is -0.496 e. The summed E-state index contributed by atoms with van der Waals surface area (Å²) in [5.41, 5.74) is -1.63. The van der Waals surface area contributed by atoms with Gasteiger partial charge in [-0.2, -0.15) is 0 Å². The highest BCUT2D eigenvalue weighted by Gasteiger charge is 2.62. The quantitative estimate of drug-likeness (QED) is 0.313. The molecule has 3 saturated carbocycles. The summed E-state index contributed by atoms with van der Waals surface area (Å²) >= 11 is 0. The number of sulfonamides is 1. The molecule has 0 spiro atoms. The van der Waals surface area contributed by atoms with E-state index in [0.29, 0.717) is 36.5 Å². The predicted octanol–water partition coefficient (Wildman–Crippen LogP) is 4.12. The van der Waals surface area contributed by atoms with Gasteiger partial charge in [0.05, 0.1) is 30.9 Å². The van der Waals surface area contributed by atoms with Crippen molar-refractivity contribution in [3.63, 3.8) is 0 Å². The Bertz CT molecular complexity index is 2000. The van der Waals surface area contributed by atoms with Gasteiger partial charge in [-0.1, -0.05) is 32.9 Å². The molecular weight excluding hydrogens is 734 g/mol. The second kappa shape index (κ2) is 14.9. The van der Waals surface area contributed by atoms with E-state index in [1.165, 1.54) is 30.3 Å². The van der Waals surface area contributed by atoms with E-state index in [0.717, 1.165) is 19.3 Å². The molecule has 3 N–H and O–H groups in total. The van der Waals surface area contributed by atoms with Gasteiger partial charge in [0.2, 0.25) is 27.7 Å². The highest BCUT2D eigenvalue weighted by molar-refractivity contribution is 7.91. The number of fused-ring (bicyclic) bond motifs is 3. The van der Waals surface area contributed by atoms with Gasteiger partial charge in [0.25, 0.3) is 5.91 Å². The van der Waals surface area contributed by atoms with Gasteiger partial charge < -0.3 is 29.7 Å². The van der Waals surface area contributed by atoms with E-state index in [4.69, 9.17) is 14.2 Å². The summed E-state index contributed by atoms with van der Waals surface area (Å²) in [7, 11) is -2.50. The summed E-state index contributed by atoms with van der Waals surface area (Å²) in [5, 5.41) is 5.89. The third kappa shape index (κ3) is 8.38. The first kappa shape index (κ1) is 38.8. The normalized spacial score (nSPS) is 31.1. The molecule has 1 aromatic heterocycles. The Balaban J connectivity index is 1.21. The summed E-state index contributed by atoms with van der Waals surface area (Å²) in [6, 6.07) is 1.91. The zero-order valence-corrected chi connectivity index (χ0v) is 32.5. The Kier molecular flexibility index (Phi) is 10.5. The number of halogens is 1. The van der Waals surface area contributed by atoms with Crippen molar-refractivity contribution in [1.29, 1.82) is 0 Å². The number of alkyl carbamates (subject to hydrolysis) is 1. The van der Waals surface area contributed by atoms with Crippen molar-refractivity contribution in [2.75, 3.05) is 20.3 Å². The second-order valence-corrected chi connectivity index (χ2v) is 18.5. The van der Waals surface area contributed by atoms with Crippen molar-refractivity contribution in [2.24, 2.45) is 23.2 Å². The fourth-order valence-corrected chi connectivity index (χ4v) is 9.24. The molecule has 7 rings (SSSR count). The minimum absolute atomic E-state index is 0.0407. The molecule has 5 aliphatic rings.